The monoisotopic (exact) mass is 216 g/mol. The van der Waals surface area contributed by atoms with Gasteiger partial charge in [0.25, 0.3) is 0 Å². The Morgan fingerprint density at radius 1 is 0.571 bits per heavy atom. The van der Waals surface area contributed by atoms with Gasteiger partial charge in [0.05, 0.1) is 0 Å². The molecule has 0 aromatic rings. The van der Waals surface area contributed by atoms with Gasteiger partial charge in [-0.05, 0) is 15.1 Å². The summed E-state index contributed by atoms with van der Waals surface area (Å²) in [5.41, 5.74) is 0. The lowest BCUT2D eigenvalue weighted by molar-refractivity contribution is 0.363. The van der Waals surface area contributed by atoms with Crippen LogP contribution in [0.3, 0.4) is 0 Å². The summed E-state index contributed by atoms with van der Waals surface area (Å²) < 4.78 is 0. The molecule has 2 heteroatoms. The molecule has 0 aliphatic heterocycles. The lowest BCUT2D eigenvalue weighted by atomic mass is 10.2. The Hall–Kier alpha value is 0.177. The van der Waals surface area contributed by atoms with Crippen LogP contribution in [0.2, 0.25) is 15.1 Å². The van der Waals surface area contributed by atoms with Crippen LogP contribution in [0.15, 0.2) is 0 Å². The van der Waals surface area contributed by atoms with E-state index in [0.717, 1.165) is 0 Å². The molecular formula is C12H28OSi. The van der Waals surface area contributed by atoms with Crippen molar-refractivity contribution < 1.29 is 4.80 Å². The molecule has 0 rings (SSSR count). The highest BCUT2D eigenvalue weighted by Crippen LogP contribution is 2.60. The molecule has 0 aliphatic rings. The van der Waals surface area contributed by atoms with Crippen molar-refractivity contribution in [1.29, 1.82) is 0 Å². The van der Waals surface area contributed by atoms with Crippen LogP contribution in [0.1, 0.15) is 62.3 Å². The summed E-state index contributed by atoms with van der Waals surface area (Å²) >= 11 is 0. The first-order chi connectivity index (χ1) is 5.75. The van der Waals surface area contributed by atoms with Crippen LogP contribution in [0.5, 0.6) is 0 Å². The van der Waals surface area contributed by atoms with E-state index in [-0.39, 0.29) is 15.1 Å². The SMILES string of the molecule is CC(C)(C)[Si](O)(C(C)(C)C)C(C)(C)C. The van der Waals surface area contributed by atoms with Crippen molar-refractivity contribution >= 4 is 8.32 Å². The first-order valence-electron chi connectivity index (χ1n) is 5.47. The third kappa shape index (κ3) is 2.06. The summed E-state index contributed by atoms with van der Waals surface area (Å²) in [6.45, 7) is 19.6. The van der Waals surface area contributed by atoms with Gasteiger partial charge < -0.3 is 4.80 Å². The van der Waals surface area contributed by atoms with Crippen molar-refractivity contribution in [3.8, 4) is 0 Å². The van der Waals surface area contributed by atoms with Gasteiger partial charge in [-0.3, -0.25) is 0 Å². The molecule has 0 atom stereocenters. The summed E-state index contributed by atoms with van der Waals surface area (Å²) in [6.07, 6.45) is 0. The number of hydrogen-bond donors (Lipinski definition) is 1. The lowest BCUT2D eigenvalue weighted by Crippen LogP contribution is -2.58. The zero-order valence-electron chi connectivity index (χ0n) is 11.4. The molecule has 14 heavy (non-hydrogen) atoms. The van der Waals surface area contributed by atoms with E-state index in [1.54, 1.807) is 0 Å². The van der Waals surface area contributed by atoms with Crippen molar-refractivity contribution in [3.63, 3.8) is 0 Å². The quantitative estimate of drug-likeness (QED) is 0.598. The first kappa shape index (κ1) is 14.2. The Kier molecular flexibility index (Phi) is 3.38. The number of hydrogen-bond acceptors (Lipinski definition) is 1. The average Bonchev–Trinajstić information content (AvgIpc) is 1.77. The summed E-state index contributed by atoms with van der Waals surface area (Å²) in [4.78, 5) is 11.2. The number of rotatable bonds is 0. The van der Waals surface area contributed by atoms with Crippen LogP contribution in [-0.2, 0) is 0 Å². The highest BCUT2D eigenvalue weighted by molar-refractivity contribution is 6.80. The predicted octanol–water partition coefficient (Wildman–Crippen LogP) is 4.32. The minimum absolute atomic E-state index is 0.0174. The smallest absolute Gasteiger partial charge is 0.204 e. The van der Waals surface area contributed by atoms with Gasteiger partial charge in [0.2, 0.25) is 8.32 Å². The molecule has 1 N–H and O–H groups in total. The van der Waals surface area contributed by atoms with E-state index in [9.17, 15) is 4.80 Å². The topological polar surface area (TPSA) is 20.2 Å². The highest BCUT2D eigenvalue weighted by atomic mass is 28.4. The molecule has 0 saturated heterocycles. The van der Waals surface area contributed by atoms with E-state index in [1.165, 1.54) is 0 Å². The predicted molar refractivity (Wildman–Crippen MR) is 67.1 cm³/mol. The van der Waals surface area contributed by atoms with Crippen molar-refractivity contribution in [2.75, 3.05) is 0 Å². The first-order valence-corrected chi connectivity index (χ1v) is 7.42. The molecule has 1 nitrogen and oxygen atoms in total. The second-order valence-electron chi connectivity index (χ2n) is 7.46. The van der Waals surface area contributed by atoms with E-state index in [4.69, 9.17) is 0 Å². The Bertz CT molecular complexity index is 164. The second-order valence-corrected chi connectivity index (χ2v) is 13.4. The second kappa shape index (κ2) is 3.34. The van der Waals surface area contributed by atoms with Gasteiger partial charge in [-0.2, -0.15) is 0 Å². The largest absolute Gasteiger partial charge is 0.430 e. The summed E-state index contributed by atoms with van der Waals surface area (Å²) in [5, 5.41) is 0.0521. The normalized spacial score (nSPS) is 15.9. The van der Waals surface area contributed by atoms with Crippen LogP contribution in [0.25, 0.3) is 0 Å². The van der Waals surface area contributed by atoms with Gasteiger partial charge in [0.1, 0.15) is 0 Å². The van der Waals surface area contributed by atoms with E-state index >= 15 is 0 Å². The third-order valence-corrected chi connectivity index (χ3v) is 9.77. The Balaban J connectivity index is 5.54. The zero-order valence-corrected chi connectivity index (χ0v) is 12.4. The van der Waals surface area contributed by atoms with Crippen molar-refractivity contribution in [2.24, 2.45) is 0 Å². The molecule has 0 amide bonds. The summed E-state index contributed by atoms with van der Waals surface area (Å²) in [6, 6.07) is 0. The van der Waals surface area contributed by atoms with Crippen LogP contribution in [-0.4, -0.2) is 13.1 Å². The molecule has 0 aliphatic carbocycles. The van der Waals surface area contributed by atoms with Crippen LogP contribution >= 0.6 is 0 Å². The third-order valence-electron chi connectivity index (χ3n) is 3.26. The molecule has 0 unspecified atom stereocenters. The minimum atomic E-state index is -2.35. The Morgan fingerprint density at radius 2 is 0.714 bits per heavy atom. The minimum Gasteiger partial charge on any atom is -0.430 e. The molecule has 0 aromatic carbocycles. The maximum atomic E-state index is 11.2. The van der Waals surface area contributed by atoms with Gasteiger partial charge >= 0.3 is 0 Å². The maximum absolute atomic E-state index is 11.2. The average molecular weight is 216 g/mol. The molecule has 0 spiro atoms. The van der Waals surface area contributed by atoms with Gasteiger partial charge in [-0.15, -0.1) is 0 Å². The Morgan fingerprint density at radius 3 is 0.714 bits per heavy atom. The van der Waals surface area contributed by atoms with Crippen LogP contribution < -0.4 is 0 Å². The molecule has 0 fully saturated rings. The molecule has 86 valence electrons. The molecular weight excluding hydrogens is 188 g/mol. The molecule has 0 radical (unpaired) electrons. The zero-order chi connectivity index (χ0) is 12.0. The summed E-state index contributed by atoms with van der Waals surface area (Å²) in [5.74, 6) is 0. The molecule has 0 bridgehead atoms. The van der Waals surface area contributed by atoms with Gasteiger partial charge in [0, 0.05) is 0 Å². The van der Waals surface area contributed by atoms with E-state index in [0.29, 0.717) is 0 Å². The van der Waals surface area contributed by atoms with E-state index in [2.05, 4.69) is 62.3 Å². The fraction of sp³-hybridized carbons (Fsp3) is 1.00. The van der Waals surface area contributed by atoms with E-state index in [1.807, 2.05) is 0 Å². The van der Waals surface area contributed by atoms with Crippen LogP contribution in [0, 0.1) is 0 Å². The van der Waals surface area contributed by atoms with Gasteiger partial charge in [0.15, 0.2) is 0 Å². The molecule has 0 saturated carbocycles. The fourth-order valence-corrected chi connectivity index (χ4v) is 10.1. The lowest BCUT2D eigenvalue weighted by Gasteiger charge is -2.54. The highest BCUT2D eigenvalue weighted by Gasteiger charge is 2.59. The van der Waals surface area contributed by atoms with Crippen molar-refractivity contribution in [2.45, 2.75) is 77.4 Å². The summed E-state index contributed by atoms with van der Waals surface area (Å²) in [7, 11) is -2.35. The van der Waals surface area contributed by atoms with Crippen molar-refractivity contribution in [1.82, 2.24) is 0 Å². The van der Waals surface area contributed by atoms with E-state index < -0.39 is 8.32 Å². The van der Waals surface area contributed by atoms with Gasteiger partial charge in [-0.25, -0.2) is 0 Å². The standard InChI is InChI=1S/C12H28OSi/c1-10(2,3)14(13,11(4,5)6)12(7,8)9/h13H,1-9H3. The molecule has 0 heterocycles. The van der Waals surface area contributed by atoms with Crippen molar-refractivity contribution in [3.05, 3.63) is 0 Å². The molecule has 0 aromatic heterocycles. The maximum Gasteiger partial charge on any atom is 0.204 e. The Labute approximate surface area is 91.1 Å². The van der Waals surface area contributed by atoms with Crippen LogP contribution in [0.4, 0.5) is 0 Å². The fourth-order valence-electron chi connectivity index (χ4n) is 3.38. The van der Waals surface area contributed by atoms with Gasteiger partial charge in [-0.1, -0.05) is 62.3 Å².